The lowest BCUT2D eigenvalue weighted by molar-refractivity contribution is -0.117. The topological polar surface area (TPSA) is 93.1 Å². The van der Waals surface area contributed by atoms with E-state index < -0.39 is 32.7 Å². The number of fused-ring (bicyclic) bond motifs is 1. The first kappa shape index (κ1) is 21.2. The minimum atomic E-state index is -4.17. The van der Waals surface area contributed by atoms with E-state index in [0.29, 0.717) is 5.69 Å². The number of halogens is 1. The molecule has 2 aromatic carbocycles. The lowest BCUT2D eigenvalue weighted by Gasteiger charge is -2.15. The molecule has 0 bridgehead atoms. The number of imidazole rings is 1. The molecule has 2 heterocycles. The van der Waals surface area contributed by atoms with Crippen LogP contribution in [0.3, 0.4) is 0 Å². The van der Waals surface area contributed by atoms with Crippen LogP contribution >= 0.6 is 0 Å². The Bertz CT molecular complexity index is 1180. The quantitative estimate of drug-likeness (QED) is 0.612. The molecule has 162 valence electrons. The predicted octanol–water partition coefficient (Wildman–Crippen LogP) is 3.33. The van der Waals surface area contributed by atoms with Crippen molar-refractivity contribution < 1.29 is 17.6 Å². The highest BCUT2D eigenvalue weighted by Gasteiger charge is 2.24. The molecular formula is C22H23FN4O3S. The number of aryl methyl sites for hydroxylation is 2. The summed E-state index contributed by atoms with van der Waals surface area (Å²) in [6.45, 7) is 2.38. The monoisotopic (exact) mass is 442 g/mol. The minimum absolute atomic E-state index is 0.498. The van der Waals surface area contributed by atoms with Crippen LogP contribution in [-0.4, -0.2) is 29.9 Å². The largest absolute Gasteiger partial charge is 0.334 e. The Morgan fingerprint density at radius 2 is 1.87 bits per heavy atom. The molecule has 0 radical (unpaired) electrons. The van der Waals surface area contributed by atoms with Crippen LogP contribution in [0.25, 0.3) is 11.3 Å². The molecule has 2 N–H and O–H groups in total. The van der Waals surface area contributed by atoms with Gasteiger partial charge in [0.05, 0.1) is 11.7 Å². The second-order valence-corrected chi connectivity index (χ2v) is 9.22. The Morgan fingerprint density at radius 1 is 1.13 bits per heavy atom. The van der Waals surface area contributed by atoms with Gasteiger partial charge in [0.25, 0.3) is 0 Å². The van der Waals surface area contributed by atoms with E-state index >= 15 is 0 Å². The molecule has 0 fully saturated rings. The molecule has 4 rings (SSSR count). The lowest BCUT2D eigenvalue weighted by Crippen LogP contribution is -2.41. The molecule has 0 spiro atoms. The highest BCUT2D eigenvalue weighted by atomic mass is 32.2. The van der Waals surface area contributed by atoms with Crippen LogP contribution in [0.1, 0.15) is 25.6 Å². The first-order valence-corrected chi connectivity index (χ1v) is 11.6. The van der Waals surface area contributed by atoms with Crippen molar-refractivity contribution in [2.75, 3.05) is 5.32 Å². The van der Waals surface area contributed by atoms with Gasteiger partial charge in [-0.1, -0.05) is 24.3 Å². The summed E-state index contributed by atoms with van der Waals surface area (Å²) in [5.74, 6) is -0.334. The number of rotatable bonds is 6. The average Bonchev–Trinajstić information content (AvgIpc) is 3.18. The number of nitrogens with one attached hydrogen (secondary N) is 2. The number of carbonyl (C=O) groups is 1. The van der Waals surface area contributed by atoms with Gasteiger partial charge < -0.3 is 9.88 Å². The fourth-order valence-corrected chi connectivity index (χ4v) is 4.82. The van der Waals surface area contributed by atoms with E-state index in [2.05, 4.69) is 19.6 Å². The number of amides is 1. The van der Waals surface area contributed by atoms with E-state index in [-0.39, 0.29) is 0 Å². The third kappa shape index (κ3) is 4.67. The molecule has 9 heteroatoms. The summed E-state index contributed by atoms with van der Waals surface area (Å²) in [4.78, 5) is 16.6. The van der Waals surface area contributed by atoms with Gasteiger partial charge in [0.1, 0.15) is 16.5 Å². The first-order chi connectivity index (χ1) is 14.8. The molecule has 31 heavy (non-hydrogen) atoms. The highest BCUT2D eigenvalue weighted by molar-refractivity contribution is 7.89. The van der Waals surface area contributed by atoms with Gasteiger partial charge >= 0.3 is 0 Å². The SMILES string of the molecule is C[C@H](NS(=O)(=O)c1ccccc1F)C(=O)Nc1ccc(-c2cn3c(n2)CCCC3)cc1. The van der Waals surface area contributed by atoms with Crippen LogP contribution in [0, 0.1) is 5.82 Å². The van der Waals surface area contributed by atoms with Crippen molar-refractivity contribution in [1.29, 1.82) is 0 Å². The third-order valence-electron chi connectivity index (χ3n) is 5.21. The van der Waals surface area contributed by atoms with Gasteiger partial charge in [0.2, 0.25) is 15.9 Å². The Labute approximate surface area is 180 Å². The van der Waals surface area contributed by atoms with Crippen molar-refractivity contribution in [2.45, 2.75) is 43.7 Å². The number of aromatic nitrogens is 2. The van der Waals surface area contributed by atoms with Gasteiger partial charge in [-0.3, -0.25) is 4.79 Å². The summed E-state index contributed by atoms with van der Waals surface area (Å²) in [6.07, 6.45) is 5.34. The average molecular weight is 443 g/mol. The molecular weight excluding hydrogens is 419 g/mol. The van der Waals surface area contributed by atoms with Gasteiger partial charge in [0, 0.05) is 30.4 Å². The van der Waals surface area contributed by atoms with Crippen LogP contribution in [0.15, 0.2) is 59.6 Å². The number of sulfonamides is 1. The van der Waals surface area contributed by atoms with Crippen LogP contribution < -0.4 is 10.0 Å². The van der Waals surface area contributed by atoms with Gasteiger partial charge in [-0.25, -0.2) is 17.8 Å². The first-order valence-electron chi connectivity index (χ1n) is 10.1. The number of hydrogen-bond acceptors (Lipinski definition) is 4. The summed E-state index contributed by atoms with van der Waals surface area (Å²) in [6, 6.07) is 11.1. The van der Waals surface area contributed by atoms with Gasteiger partial charge in [-0.15, -0.1) is 0 Å². The zero-order valence-electron chi connectivity index (χ0n) is 17.0. The standard InChI is InChI=1S/C22H23FN4O3S/c1-15(26-31(29,30)20-7-3-2-6-18(20)23)22(28)24-17-11-9-16(10-12-17)19-14-27-13-5-4-8-21(27)25-19/h2-3,6-7,9-12,14-15,26H,4-5,8,13H2,1H3,(H,24,28)/t15-/m0/s1. The van der Waals surface area contributed by atoms with Crippen LogP contribution in [0.4, 0.5) is 10.1 Å². The van der Waals surface area contributed by atoms with Crippen LogP contribution in [-0.2, 0) is 27.8 Å². The minimum Gasteiger partial charge on any atom is -0.334 e. The molecule has 1 amide bonds. The number of benzene rings is 2. The Morgan fingerprint density at radius 3 is 2.58 bits per heavy atom. The van der Waals surface area contributed by atoms with E-state index in [1.165, 1.54) is 19.1 Å². The maximum absolute atomic E-state index is 13.8. The fourth-order valence-electron chi connectivity index (χ4n) is 3.54. The predicted molar refractivity (Wildman–Crippen MR) is 115 cm³/mol. The number of nitrogens with zero attached hydrogens (tertiary/aromatic N) is 2. The van der Waals surface area contributed by atoms with Crippen LogP contribution in [0.2, 0.25) is 0 Å². The molecule has 0 saturated heterocycles. The van der Waals surface area contributed by atoms with Crippen molar-refractivity contribution in [3.8, 4) is 11.3 Å². The smallest absolute Gasteiger partial charge is 0.244 e. The Hall–Kier alpha value is -3.04. The fraction of sp³-hybridized carbons (Fsp3) is 0.273. The van der Waals surface area contributed by atoms with Crippen molar-refractivity contribution >= 4 is 21.6 Å². The number of carbonyl (C=O) groups excluding carboxylic acids is 1. The number of hydrogen-bond donors (Lipinski definition) is 2. The van der Waals surface area contributed by atoms with Crippen molar-refractivity contribution in [2.24, 2.45) is 0 Å². The van der Waals surface area contributed by atoms with Gasteiger partial charge in [0.15, 0.2) is 0 Å². The summed E-state index contributed by atoms with van der Waals surface area (Å²) in [5.41, 5.74) is 2.35. The van der Waals surface area contributed by atoms with Crippen LogP contribution in [0.5, 0.6) is 0 Å². The summed E-state index contributed by atoms with van der Waals surface area (Å²) in [7, 11) is -4.17. The third-order valence-corrected chi connectivity index (χ3v) is 6.78. The maximum atomic E-state index is 13.8. The molecule has 0 unspecified atom stereocenters. The molecule has 1 aliphatic heterocycles. The zero-order valence-corrected chi connectivity index (χ0v) is 17.8. The highest BCUT2D eigenvalue weighted by Crippen LogP contribution is 2.24. The molecule has 0 saturated carbocycles. The lowest BCUT2D eigenvalue weighted by atomic mass is 10.1. The summed E-state index contributed by atoms with van der Waals surface area (Å²) in [5, 5.41) is 2.67. The number of anilines is 1. The zero-order chi connectivity index (χ0) is 22.0. The van der Waals surface area contributed by atoms with Gasteiger partial charge in [-0.2, -0.15) is 4.72 Å². The molecule has 7 nitrogen and oxygen atoms in total. The Kier molecular flexibility index (Phi) is 5.88. The summed E-state index contributed by atoms with van der Waals surface area (Å²) >= 11 is 0. The van der Waals surface area contributed by atoms with E-state index in [0.717, 1.165) is 55.0 Å². The molecule has 3 aromatic rings. The van der Waals surface area contributed by atoms with E-state index in [1.54, 1.807) is 12.1 Å². The molecule has 1 aromatic heterocycles. The Balaban J connectivity index is 1.41. The molecule has 1 atom stereocenters. The van der Waals surface area contributed by atoms with E-state index in [1.807, 2.05) is 18.3 Å². The van der Waals surface area contributed by atoms with E-state index in [4.69, 9.17) is 0 Å². The summed E-state index contributed by atoms with van der Waals surface area (Å²) < 4.78 is 42.9. The van der Waals surface area contributed by atoms with Crippen molar-refractivity contribution in [3.63, 3.8) is 0 Å². The molecule has 1 aliphatic rings. The van der Waals surface area contributed by atoms with Crippen molar-refractivity contribution in [3.05, 3.63) is 66.4 Å². The normalized spacial score (nSPS) is 14.6. The second-order valence-electron chi connectivity index (χ2n) is 7.53. The van der Waals surface area contributed by atoms with Gasteiger partial charge in [-0.05, 0) is 44.0 Å². The van der Waals surface area contributed by atoms with Crippen molar-refractivity contribution in [1.82, 2.24) is 14.3 Å². The second kappa shape index (κ2) is 8.60. The maximum Gasteiger partial charge on any atom is 0.244 e. The van der Waals surface area contributed by atoms with E-state index in [9.17, 15) is 17.6 Å². The molecule has 0 aliphatic carbocycles.